The summed E-state index contributed by atoms with van der Waals surface area (Å²) in [7, 11) is -1.71. The first-order chi connectivity index (χ1) is 9.50. The summed E-state index contributed by atoms with van der Waals surface area (Å²) in [6.07, 6.45) is 1.84. The third-order valence-electron chi connectivity index (χ3n) is 3.04. The summed E-state index contributed by atoms with van der Waals surface area (Å²) in [4.78, 5) is 0. The van der Waals surface area contributed by atoms with E-state index in [1.807, 2.05) is 0 Å². The molecule has 0 aliphatic heterocycles. The Morgan fingerprint density at radius 1 is 1.40 bits per heavy atom. The lowest BCUT2D eigenvalue weighted by Gasteiger charge is -2.09. The number of ether oxygens (including phenoxy) is 1. The molecule has 0 saturated heterocycles. The highest BCUT2D eigenvalue weighted by molar-refractivity contribution is 7.89. The number of methoxy groups -OCH3 is 1. The smallest absolute Gasteiger partial charge is 0.213 e. The van der Waals surface area contributed by atoms with Crippen molar-refractivity contribution in [3.8, 4) is 5.75 Å². The molecule has 0 amide bonds. The zero-order valence-corrected chi connectivity index (χ0v) is 12.2. The average molecular weight is 302 g/mol. The Morgan fingerprint density at radius 3 is 2.80 bits per heavy atom. The van der Waals surface area contributed by atoms with Crippen LogP contribution in [0.4, 0.5) is 4.39 Å². The quantitative estimate of drug-likeness (QED) is 0.703. The van der Waals surface area contributed by atoms with Gasteiger partial charge in [0.2, 0.25) is 10.0 Å². The normalized spacial score (nSPS) is 15.3. The number of benzene rings is 1. The van der Waals surface area contributed by atoms with Crippen molar-refractivity contribution in [2.24, 2.45) is 0 Å². The summed E-state index contributed by atoms with van der Waals surface area (Å²) in [5, 5.41) is 2.93. The zero-order chi connectivity index (χ0) is 14.6. The zero-order valence-electron chi connectivity index (χ0n) is 11.4. The van der Waals surface area contributed by atoms with Crippen molar-refractivity contribution in [2.75, 3.05) is 19.4 Å². The molecule has 0 radical (unpaired) electrons. The molecule has 1 saturated carbocycles. The van der Waals surface area contributed by atoms with Crippen LogP contribution in [0, 0.1) is 5.82 Å². The molecule has 0 heterocycles. The molecule has 7 heteroatoms. The minimum Gasteiger partial charge on any atom is -0.497 e. The van der Waals surface area contributed by atoms with Gasteiger partial charge in [0, 0.05) is 24.7 Å². The van der Waals surface area contributed by atoms with Crippen LogP contribution in [0.25, 0.3) is 0 Å². The van der Waals surface area contributed by atoms with Crippen molar-refractivity contribution in [3.63, 3.8) is 0 Å². The molecule has 1 aromatic carbocycles. The monoisotopic (exact) mass is 302 g/mol. The summed E-state index contributed by atoms with van der Waals surface area (Å²) in [5.74, 6) is 0.234. The van der Waals surface area contributed by atoms with Gasteiger partial charge < -0.3 is 10.1 Å². The topological polar surface area (TPSA) is 67.4 Å². The Hall–Kier alpha value is -1.18. The van der Waals surface area contributed by atoms with Gasteiger partial charge in [-0.1, -0.05) is 0 Å². The molecule has 5 nitrogen and oxygen atoms in total. The number of hydrogen-bond acceptors (Lipinski definition) is 4. The summed E-state index contributed by atoms with van der Waals surface area (Å²) >= 11 is 0. The van der Waals surface area contributed by atoms with Gasteiger partial charge in [-0.3, -0.25) is 0 Å². The highest BCUT2D eigenvalue weighted by Crippen LogP contribution is 2.19. The van der Waals surface area contributed by atoms with Crippen LogP contribution in [0.3, 0.4) is 0 Å². The molecule has 1 aromatic rings. The molecule has 0 unspecified atom stereocenters. The summed E-state index contributed by atoms with van der Waals surface area (Å²) in [6, 6.07) is 4.60. The van der Waals surface area contributed by atoms with Crippen molar-refractivity contribution in [1.29, 1.82) is 0 Å². The Labute approximate surface area is 118 Å². The summed E-state index contributed by atoms with van der Waals surface area (Å²) < 4.78 is 44.4. The first kappa shape index (κ1) is 15.2. The highest BCUT2D eigenvalue weighted by atomic mass is 32.2. The van der Waals surface area contributed by atoms with Gasteiger partial charge in [0.1, 0.15) is 11.6 Å². The predicted octanol–water partition coefficient (Wildman–Crippen LogP) is 1.01. The van der Waals surface area contributed by atoms with Crippen LogP contribution in [0.15, 0.2) is 18.2 Å². The summed E-state index contributed by atoms with van der Waals surface area (Å²) in [6.45, 7) is 0.542. The van der Waals surface area contributed by atoms with E-state index in [0.29, 0.717) is 11.3 Å². The molecular formula is C13H19FN2O3S. The molecule has 0 aromatic heterocycles. The fraction of sp³-hybridized carbons (Fsp3) is 0.538. The van der Waals surface area contributed by atoms with Gasteiger partial charge in [0.15, 0.2) is 0 Å². The SMILES string of the molecule is COc1ccc(F)c(CNCCS(=O)(=O)NC2CC2)c1. The minimum atomic E-state index is -3.23. The predicted molar refractivity (Wildman–Crippen MR) is 74.6 cm³/mol. The van der Waals surface area contributed by atoms with E-state index in [-0.39, 0.29) is 30.7 Å². The Kier molecular flexibility index (Phi) is 4.95. The average Bonchev–Trinajstić information content (AvgIpc) is 3.19. The van der Waals surface area contributed by atoms with Gasteiger partial charge in [-0.25, -0.2) is 17.5 Å². The van der Waals surface area contributed by atoms with Gasteiger partial charge in [-0.05, 0) is 31.0 Å². The maximum absolute atomic E-state index is 13.5. The largest absolute Gasteiger partial charge is 0.497 e. The van der Waals surface area contributed by atoms with Crippen molar-refractivity contribution in [3.05, 3.63) is 29.6 Å². The van der Waals surface area contributed by atoms with Crippen LogP contribution in [-0.2, 0) is 16.6 Å². The lowest BCUT2D eigenvalue weighted by Crippen LogP contribution is -2.33. The lowest BCUT2D eigenvalue weighted by atomic mass is 10.2. The molecule has 112 valence electrons. The van der Waals surface area contributed by atoms with Crippen LogP contribution in [-0.4, -0.2) is 33.9 Å². The molecule has 20 heavy (non-hydrogen) atoms. The third-order valence-corrected chi connectivity index (χ3v) is 4.47. The van der Waals surface area contributed by atoms with Gasteiger partial charge in [-0.15, -0.1) is 0 Å². The van der Waals surface area contributed by atoms with E-state index in [4.69, 9.17) is 4.74 Å². The fourth-order valence-corrected chi connectivity index (χ4v) is 3.03. The molecule has 0 bridgehead atoms. The second-order valence-electron chi connectivity index (χ2n) is 4.85. The van der Waals surface area contributed by atoms with Gasteiger partial charge >= 0.3 is 0 Å². The van der Waals surface area contributed by atoms with Crippen LogP contribution < -0.4 is 14.8 Å². The number of halogens is 1. The Bertz CT molecular complexity index is 559. The van der Waals surface area contributed by atoms with E-state index in [1.165, 1.54) is 13.2 Å². The molecule has 1 aliphatic carbocycles. The second-order valence-corrected chi connectivity index (χ2v) is 6.72. The summed E-state index contributed by atoms with van der Waals surface area (Å²) in [5.41, 5.74) is 0.455. The Morgan fingerprint density at radius 2 is 2.15 bits per heavy atom. The molecule has 1 fully saturated rings. The van der Waals surface area contributed by atoms with E-state index in [9.17, 15) is 12.8 Å². The van der Waals surface area contributed by atoms with Crippen LogP contribution in [0.5, 0.6) is 5.75 Å². The number of rotatable bonds is 8. The minimum absolute atomic E-state index is 0.00487. The van der Waals surface area contributed by atoms with E-state index in [2.05, 4.69) is 10.0 Å². The van der Waals surface area contributed by atoms with Crippen molar-refractivity contribution < 1.29 is 17.5 Å². The van der Waals surface area contributed by atoms with Crippen LogP contribution in [0.2, 0.25) is 0 Å². The van der Waals surface area contributed by atoms with Crippen molar-refractivity contribution in [2.45, 2.75) is 25.4 Å². The van der Waals surface area contributed by atoms with Gasteiger partial charge in [0.25, 0.3) is 0 Å². The van der Waals surface area contributed by atoms with Crippen molar-refractivity contribution >= 4 is 10.0 Å². The second kappa shape index (κ2) is 6.51. The Balaban J connectivity index is 1.77. The van der Waals surface area contributed by atoms with Crippen molar-refractivity contribution in [1.82, 2.24) is 10.0 Å². The fourth-order valence-electron chi connectivity index (χ4n) is 1.76. The first-order valence-electron chi connectivity index (χ1n) is 6.53. The number of hydrogen-bond donors (Lipinski definition) is 2. The van der Waals surface area contributed by atoms with Crippen LogP contribution in [0.1, 0.15) is 18.4 Å². The lowest BCUT2D eigenvalue weighted by molar-refractivity contribution is 0.412. The molecular weight excluding hydrogens is 283 g/mol. The third kappa shape index (κ3) is 4.73. The molecule has 1 aliphatic rings. The van der Waals surface area contributed by atoms with Gasteiger partial charge in [-0.2, -0.15) is 0 Å². The van der Waals surface area contributed by atoms with E-state index < -0.39 is 10.0 Å². The van der Waals surface area contributed by atoms with E-state index in [1.54, 1.807) is 12.1 Å². The van der Waals surface area contributed by atoms with Gasteiger partial charge in [0.05, 0.1) is 12.9 Å². The van der Waals surface area contributed by atoms with E-state index >= 15 is 0 Å². The molecule has 0 atom stereocenters. The number of sulfonamides is 1. The maximum Gasteiger partial charge on any atom is 0.213 e. The van der Waals surface area contributed by atoms with E-state index in [0.717, 1.165) is 12.8 Å². The maximum atomic E-state index is 13.5. The highest BCUT2D eigenvalue weighted by Gasteiger charge is 2.26. The number of nitrogens with one attached hydrogen (secondary N) is 2. The molecule has 2 N–H and O–H groups in total. The molecule has 0 spiro atoms. The van der Waals surface area contributed by atoms with Crippen LogP contribution >= 0.6 is 0 Å². The molecule has 2 rings (SSSR count). The standard InChI is InChI=1S/C13H19FN2O3S/c1-19-12-4-5-13(14)10(8-12)9-15-6-7-20(17,18)16-11-2-3-11/h4-5,8,11,15-16H,2-3,6-7,9H2,1H3. The first-order valence-corrected chi connectivity index (χ1v) is 8.18.